The molecule has 0 heterocycles. The van der Waals surface area contributed by atoms with Crippen molar-refractivity contribution in [3.8, 4) is 5.75 Å². The maximum Gasteiger partial charge on any atom is 0.326 e. The van der Waals surface area contributed by atoms with Gasteiger partial charge < -0.3 is 30.5 Å². The first kappa shape index (κ1) is 27.9. The molecule has 6 atom stereocenters. The van der Waals surface area contributed by atoms with E-state index < -0.39 is 43.0 Å². The molecule has 9 heteroatoms. The highest BCUT2D eigenvalue weighted by Gasteiger charge is 2.44. The molecule has 1 fully saturated rings. The third-order valence-electron chi connectivity index (χ3n) is 7.69. The first-order chi connectivity index (χ1) is 17.2. The zero-order valence-corrected chi connectivity index (χ0v) is 20.9. The second-order valence-corrected chi connectivity index (χ2v) is 10.3. The number of fused-ring (bicyclic) bond motifs is 2. The summed E-state index contributed by atoms with van der Waals surface area (Å²) < 4.78 is 5.73. The molecule has 1 aromatic rings. The summed E-state index contributed by atoms with van der Waals surface area (Å²) >= 11 is 0. The van der Waals surface area contributed by atoms with Gasteiger partial charge in [-0.3, -0.25) is 9.59 Å². The van der Waals surface area contributed by atoms with Crippen LogP contribution in [-0.2, 0) is 27.2 Å². The number of unbranched alkanes of at least 4 members (excludes halogenated alkanes) is 2. The molecule has 0 spiro atoms. The molecule has 1 saturated carbocycles. The Labute approximate surface area is 211 Å². The van der Waals surface area contributed by atoms with Crippen LogP contribution in [0, 0.1) is 17.8 Å². The highest BCUT2D eigenvalue weighted by Crippen LogP contribution is 2.48. The normalized spacial score (nSPS) is 24.3. The first-order valence-corrected chi connectivity index (χ1v) is 13.0. The molecular weight excluding hydrogens is 466 g/mol. The Morgan fingerprint density at radius 2 is 1.92 bits per heavy atom. The Kier molecular flexibility index (Phi) is 10.1. The van der Waals surface area contributed by atoms with E-state index in [2.05, 4.69) is 12.2 Å². The van der Waals surface area contributed by atoms with Crippen LogP contribution < -0.4 is 10.1 Å². The van der Waals surface area contributed by atoms with E-state index in [0.29, 0.717) is 30.4 Å². The van der Waals surface area contributed by atoms with E-state index in [-0.39, 0.29) is 12.0 Å². The van der Waals surface area contributed by atoms with E-state index in [1.807, 2.05) is 12.1 Å². The summed E-state index contributed by atoms with van der Waals surface area (Å²) in [5.41, 5.74) is 2.12. The van der Waals surface area contributed by atoms with E-state index in [1.165, 1.54) is 0 Å². The Hall–Kier alpha value is -2.65. The van der Waals surface area contributed by atoms with Crippen LogP contribution in [0.5, 0.6) is 5.75 Å². The number of nitrogens with one attached hydrogen (secondary N) is 1. The molecule has 36 heavy (non-hydrogen) atoms. The Morgan fingerprint density at radius 3 is 2.61 bits per heavy atom. The molecule has 1 amide bonds. The smallest absolute Gasteiger partial charge is 0.326 e. The van der Waals surface area contributed by atoms with Crippen molar-refractivity contribution in [3.63, 3.8) is 0 Å². The summed E-state index contributed by atoms with van der Waals surface area (Å²) in [5, 5.41) is 41.3. The number of carboxylic acids is 2. The maximum atomic E-state index is 12.2. The SMILES string of the molecule is CCCCC[C@H](O)CC[C@@H]1[C@H]2Cc3cccc(OCC(=O)NC(CC(=O)O)C(=O)O)c3C[C@H]2C[C@H]1O. The van der Waals surface area contributed by atoms with Crippen LogP contribution in [0.3, 0.4) is 0 Å². The summed E-state index contributed by atoms with van der Waals surface area (Å²) in [6.45, 7) is 1.72. The molecule has 1 unspecified atom stereocenters. The number of hydrogen-bond acceptors (Lipinski definition) is 6. The molecular formula is C27H39NO8. The molecule has 0 aromatic heterocycles. The lowest BCUT2D eigenvalue weighted by molar-refractivity contribution is -0.147. The molecule has 2 aliphatic rings. The Balaban J connectivity index is 1.59. The van der Waals surface area contributed by atoms with Crippen LogP contribution in [0.2, 0.25) is 0 Å². The van der Waals surface area contributed by atoms with Crippen molar-refractivity contribution in [1.29, 1.82) is 0 Å². The van der Waals surface area contributed by atoms with Gasteiger partial charge in [-0.1, -0.05) is 38.3 Å². The zero-order valence-electron chi connectivity index (χ0n) is 20.9. The lowest BCUT2D eigenvalue weighted by atomic mass is 9.73. The van der Waals surface area contributed by atoms with Crippen LogP contribution in [0.25, 0.3) is 0 Å². The summed E-state index contributed by atoms with van der Waals surface area (Å²) in [5.74, 6) is -2.11. The van der Waals surface area contributed by atoms with Crippen LogP contribution in [0.15, 0.2) is 18.2 Å². The highest BCUT2D eigenvalue weighted by molar-refractivity contribution is 5.87. The summed E-state index contributed by atoms with van der Waals surface area (Å²) in [6.07, 6.45) is 6.40. The molecule has 200 valence electrons. The number of aliphatic hydroxyl groups excluding tert-OH is 2. The molecule has 0 radical (unpaired) electrons. The lowest BCUT2D eigenvalue weighted by Crippen LogP contribution is -2.44. The van der Waals surface area contributed by atoms with Gasteiger partial charge in [-0.25, -0.2) is 4.79 Å². The minimum atomic E-state index is -1.52. The largest absolute Gasteiger partial charge is 0.483 e. The van der Waals surface area contributed by atoms with Gasteiger partial charge in [0.25, 0.3) is 5.91 Å². The zero-order chi connectivity index (χ0) is 26.2. The number of aliphatic hydroxyl groups is 2. The number of carbonyl (C=O) groups is 3. The van der Waals surface area contributed by atoms with Crippen molar-refractivity contribution in [2.75, 3.05) is 6.61 Å². The molecule has 9 nitrogen and oxygen atoms in total. The van der Waals surface area contributed by atoms with E-state index in [1.54, 1.807) is 6.07 Å². The van der Waals surface area contributed by atoms with Gasteiger partial charge in [0.1, 0.15) is 11.8 Å². The van der Waals surface area contributed by atoms with Gasteiger partial charge in [0.15, 0.2) is 6.61 Å². The average Bonchev–Trinajstić information content (AvgIpc) is 3.13. The third-order valence-corrected chi connectivity index (χ3v) is 7.69. The van der Waals surface area contributed by atoms with Crippen molar-refractivity contribution in [2.45, 2.75) is 89.4 Å². The van der Waals surface area contributed by atoms with Crippen molar-refractivity contribution < 1.29 is 39.5 Å². The van der Waals surface area contributed by atoms with Gasteiger partial charge in [0.05, 0.1) is 18.6 Å². The number of aliphatic carboxylic acids is 2. The molecule has 2 aliphatic carbocycles. The highest BCUT2D eigenvalue weighted by atomic mass is 16.5. The average molecular weight is 506 g/mol. The number of amides is 1. The van der Waals surface area contributed by atoms with Crippen molar-refractivity contribution >= 4 is 17.8 Å². The molecule has 0 saturated heterocycles. The minimum Gasteiger partial charge on any atom is -0.483 e. The first-order valence-electron chi connectivity index (χ1n) is 13.0. The third kappa shape index (κ3) is 7.43. The molecule has 1 aromatic carbocycles. The second-order valence-electron chi connectivity index (χ2n) is 10.3. The quantitative estimate of drug-likeness (QED) is 0.242. The fourth-order valence-electron chi connectivity index (χ4n) is 5.85. The number of hydrogen-bond donors (Lipinski definition) is 5. The lowest BCUT2D eigenvalue weighted by Gasteiger charge is -2.32. The maximum absolute atomic E-state index is 12.2. The molecule has 0 aliphatic heterocycles. The monoisotopic (exact) mass is 505 g/mol. The van der Waals surface area contributed by atoms with Crippen molar-refractivity contribution in [2.24, 2.45) is 17.8 Å². The second kappa shape index (κ2) is 13.1. The molecule has 3 rings (SSSR count). The van der Waals surface area contributed by atoms with E-state index >= 15 is 0 Å². The van der Waals surface area contributed by atoms with Crippen LogP contribution >= 0.6 is 0 Å². The standard InChI is InChI=1S/C27H39NO8/c1-2-3-4-7-18(29)9-10-19-20-11-16-6-5-8-24(21(16)12-17(20)13-23(19)30)36-15-25(31)28-22(27(34)35)14-26(32)33/h5-6,8,17-20,22-23,29-30H,2-4,7,9-15H2,1H3,(H,28,31)(H,32,33)(H,34,35)/t17-,18-,19+,20-,22?,23+/m0/s1. The number of ether oxygens (including phenoxy) is 1. The summed E-state index contributed by atoms with van der Waals surface area (Å²) in [7, 11) is 0. The van der Waals surface area contributed by atoms with Crippen LogP contribution in [-0.4, -0.2) is 63.1 Å². The van der Waals surface area contributed by atoms with Gasteiger partial charge in [0, 0.05) is 0 Å². The van der Waals surface area contributed by atoms with Crippen molar-refractivity contribution in [3.05, 3.63) is 29.3 Å². The summed E-state index contributed by atoms with van der Waals surface area (Å²) in [6, 6.07) is 4.14. The summed E-state index contributed by atoms with van der Waals surface area (Å²) in [4.78, 5) is 34.2. The topological polar surface area (TPSA) is 153 Å². The van der Waals surface area contributed by atoms with E-state index in [0.717, 1.165) is 56.1 Å². The van der Waals surface area contributed by atoms with Crippen LogP contribution in [0.4, 0.5) is 0 Å². The number of rotatable bonds is 14. The number of benzene rings is 1. The fraction of sp³-hybridized carbons (Fsp3) is 0.667. The Morgan fingerprint density at radius 1 is 1.14 bits per heavy atom. The van der Waals surface area contributed by atoms with E-state index in [9.17, 15) is 24.6 Å². The molecule has 5 N–H and O–H groups in total. The van der Waals surface area contributed by atoms with Gasteiger partial charge in [-0.2, -0.15) is 0 Å². The number of carbonyl (C=O) groups excluding carboxylic acids is 1. The predicted octanol–water partition coefficient (Wildman–Crippen LogP) is 2.54. The van der Waals surface area contributed by atoms with Crippen molar-refractivity contribution in [1.82, 2.24) is 5.32 Å². The molecule has 0 bridgehead atoms. The fourth-order valence-corrected chi connectivity index (χ4v) is 5.85. The van der Waals surface area contributed by atoms with Gasteiger partial charge in [0.2, 0.25) is 0 Å². The van der Waals surface area contributed by atoms with Gasteiger partial charge in [-0.15, -0.1) is 0 Å². The van der Waals surface area contributed by atoms with Gasteiger partial charge >= 0.3 is 11.9 Å². The number of carboxylic acid groups (broad SMARTS) is 2. The van der Waals surface area contributed by atoms with Gasteiger partial charge in [-0.05, 0) is 73.5 Å². The van der Waals surface area contributed by atoms with E-state index in [4.69, 9.17) is 14.9 Å². The predicted molar refractivity (Wildman–Crippen MR) is 132 cm³/mol. The Bertz CT molecular complexity index is 919. The minimum absolute atomic E-state index is 0.154. The van der Waals surface area contributed by atoms with Crippen LogP contribution in [0.1, 0.15) is 69.4 Å².